The number of anilines is 1. The Labute approximate surface area is 169 Å². The Morgan fingerprint density at radius 3 is 3.04 bits per heavy atom. The van der Waals surface area contributed by atoms with E-state index in [0.29, 0.717) is 25.3 Å². The van der Waals surface area contributed by atoms with Crippen molar-refractivity contribution in [3.05, 3.63) is 41.2 Å². The highest BCUT2D eigenvalue weighted by Gasteiger charge is 2.29. The molecule has 1 saturated heterocycles. The van der Waals surface area contributed by atoms with Crippen LogP contribution in [0.1, 0.15) is 48.8 Å². The van der Waals surface area contributed by atoms with E-state index in [-0.39, 0.29) is 17.7 Å². The predicted molar refractivity (Wildman–Crippen MR) is 110 cm³/mol. The van der Waals surface area contributed by atoms with Crippen molar-refractivity contribution in [3.63, 3.8) is 0 Å². The van der Waals surface area contributed by atoms with Crippen LogP contribution < -0.4 is 10.6 Å². The first-order valence-corrected chi connectivity index (χ1v) is 10.7. The molecule has 0 bridgehead atoms. The zero-order valence-electron chi connectivity index (χ0n) is 16.2. The van der Waals surface area contributed by atoms with E-state index in [1.807, 2.05) is 18.2 Å². The van der Waals surface area contributed by atoms with Crippen LogP contribution in [0, 0.1) is 5.92 Å². The van der Waals surface area contributed by atoms with Gasteiger partial charge in [-0.2, -0.15) is 0 Å². The van der Waals surface area contributed by atoms with E-state index < -0.39 is 0 Å². The maximum Gasteiger partial charge on any atom is 0.273 e. The van der Waals surface area contributed by atoms with Crippen LogP contribution in [-0.4, -0.2) is 46.3 Å². The normalized spacial score (nSPS) is 16.6. The van der Waals surface area contributed by atoms with Crippen molar-refractivity contribution >= 4 is 28.3 Å². The first-order chi connectivity index (χ1) is 13.7. The van der Waals surface area contributed by atoms with E-state index in [1.54, 1.807) is 16.5 Å². The number of carbonyl (C=O) groups is 2. The van der Waals surface area contributed by atoms with E-state index in [9.17, 15) is 9.59 Å². The third kappa shape index (κ3) is 5.51. The quantitative estimate of drug-likeness (QED) is 0.664. The second kappa shape index (κ2) is 10.2. The molecule has 3 rings (SSSR count). The summed E-state index contributed by atoms with van der Waals surface area (Å²) < 4.78 is 0. The van der Waals surface area contributed by atoms with Crippen LogP contribution in [0.4, 0.5) is 5.13 Å². The third-order valence-corrected chi connectivity index (χ3v) is 5.58. The molecule has 1 unspecified atom stereocenters. The molecule has 28 heavy (non-hydrogen) atoms. The van der Waals surface area contributed by atoms with Crippen LogP contribution in [0.5, 0.6) is 0 Å². The molecule has 1 aliphatic rings. The Bertz CT molecular complexity index is 780. The lowest BCUT2D eigenvalue weighted by Crippen LogP contribution is -2.45. The number of thiazole rings is 1. The highest BCUT2D eigenvalue weighted by atomic mass is 32.1. The molecule has 0 aromatic carbocycles. The maximum atomic E-state index is 12.8. The number of piperidine rings is 1. The summed E-state index contributed by atoms with van der Waals surface area (Å²) in [5.74, 6) is -0.312. The van der Waals surface area contributed by atoms with Crippen molar-refractivity contribution < 1.29 is 9.59 Å². The van der Waals surface area contributed by atoms with Gasteiger partial charge in [0, 0.05) is 31.2 Å². The molecule has 2 N–H and O–H groups in total. The highest BCUT2D eigenvalue weighted by molar-refractivity contribution is 7.13. The summed E-state index contributed by atoms with van der Waals surface area (Å²) in [4.78, 5) is 35.7. The molecule has 3 heterocycles. The number of rotatable bonds is 8. The first-order valence-electron chi connectivity index (χ1n) is 9.83. The van der Waals surface area contributed by atoms with Gasteiger partial charge >= 0.3 is 0 Å². The van der Waals surface area contributed by atoms with Gasteiger partial charge < -0.3 is 15.5 Å². The number of pyridine rings is 1. The zero-order valence-corrected chi connectivity index (χ0v) is 17.0. The topological polar surface area (TPSA) is 87.2 Å². The second-order valence-electron chi connectivity index (χ2n) is 6.95. The fraction of sp³-hybridized carbons (Fsp3) is 0.500. The fourth-order valence-corrected chi connectivity index (χ4v) is 3.90. The van der Waals surface area contributed by atoms with Gasteiger partial charge in [-0.15, -0.1) is 11.3 Å². The summed E-state index contributed by atoms with van der Waals surface area (Å²) in [5, 5.41) is 8.76. The molecule has 0 spiro atoms. The van der Waals surface area contributed by atoms with E-state index >= 15 is 0 Å². The number of hydrogen-bond acceptors (Lipinski definition) is 6. The van der Waals surface area contributed by atoms with Gasteiger partial charge in [-0.05, 0) is 31.4 Å². The zero-order chi connectivity index (χ0) is 19.8. The number of hydrogen-bond donors (Lipinski definition) is 2. The molecule has 2 aromatic rings. The van der Waals surface area contributed by atoms with Crippen molar-refractivity contribution in [2.45, 2.75) is 39.2 Å². The van der Waals surface area contributed by atoms with Gasteiger partial charge in [0.05, 0.1) is 18.2 Å². The Morgan fingerprint density at radius 2 is 2.25 bits per heavy atom. The molecule has 0 aliphatic carbocycles. The minimum Gasteiger partial charge on any atom is -0.362 e. The summed E-state index contributed by atoms with van der Waals surface area (Å²) in [6, 6.07) is 5.62. The van der Waals surface area contributed by atoms with Gasteiger partial charge in [0.15, 0.2) is 5.13 Å². The van der Waals surface area contributed by atoms with E-state index in [0.717, 1.165) is 43.1 Å². The number of carbonyl (C=O) groups excluding carboxylic acids is 2. The van der Waals surface area contributed by atoms with Crippen molar-refractivity contribution in [2.24, 2.45) is 5.92 Å². The Kier molecular flexibility index (Phi) is 7.36. The largest absolute Gasteiger partial charge is 0.362 e. The predicted octanol–water partition coefficient (Wildman–Crippen LogP) is 2.92. The summed E-state index contributed by atoms with van der Waals surface area (Å²) in [6.45, 7) is 4.50. The molecule has 1 fully saturated rings. The molecule has 1 aliphatic heterocycles. The van der Waals surface area contributed by atoms with Crippen LogP contribution >= 0.6 is 11.3 Å². The Hall–Kier alpha value is -2.48. The minimum absolute atomic E-state index is 0.0247. The SMILES string of the molecule is CCCCNc1nc(C(=O)N2CCCC(C(=O)NCc3ccccn3)C2)cs1. The summed E-state index contributed by atoms with van der Waals surface area (Å²) in [7, 11) is 0. The standard InChI is InChI=1S/C20H27N5O2S/c1-2-3-9-22-20-24-17(14-28-20)19(27)25-11-6-7-15(13-25)18(26)23-12-16-8-4-5-10-21-16/h4-5,8,10,14-15H,2-3,6-7,9,11-13H2,1H3,(H,22,24)(H,23,26). The van der Waals surface area contributed by atoms with E-state index in [4.69, 9.17) is 0 Å². The van der Waals surface area contributed by atoms with Crippen LogP contribution in [-0.2, 0) is 11.3 Å². The lowest BCUT2D eigenvalue weighted by molar-refractivity contribution is -0.126. The molecule has 7 nitrogen and oxygen atoms in total. The van der Waals surface area contributed by atoms with Gasteiger partial charge in [0.2, 0.25) is 5.91 Å². The summed E-state index contributed by atoms with van der Waals surface area (Å²) in [6.07, 6.45) is 5.51. The minimum atomic E-state index is -0.192. The molecular weight excluding hydrogens is 374 g/mol. The molecule has 150 valence electrons. The number of likely N-dealkylation sites (tertiary alicyclic amines) is 1. The van der Waals surface area contributed by atoms with E-state index in [2.05, 4.69) is 27.5 Å². The number of nitrogens with zero attached hydrogens (tertiary/aromatic N) is 3. The van der Waals surface area contributed by atoms with Crippen molar-refractivity contribution in [2.75, 3.05) is 25.0 Å². The van der Waals surface area contributed by atoms with Crippen LogP contribution in [0.25, 0.3) is 0 Å². The summed E-state index contributed by atoms with van der Waals surface area (Å²) in [5.41, 5.74) is 1.28. The van der Waals surface area contributed by atoms with Crippen molar-refractivity contribution in [3.8, 4) is 0 Å². The maximum absolute atomic E-state index is 12.8. The first kappa shape index (κ1) is 20.3. The molecule has 1 atom stereocenters. The number of unbranched alkanes of at least 4 members (excludes halogenated alkanes) is 1. The van der Waals surface area contributed by atoms with Gasteiger partial charge in [0.1, 0.15) is 5.69 Å². The molecule has 0 radical (unpaired) electrons. The Morgan fingerprint density at radius 1 is 1.36 bits per heavy atom. The van der Waals surface area contributed by atoms with Crippen LogP contribution in [0.2, 0.25) is 0 Å². The average Bonchev–Trinajstić information content (AvgIpc) is 3.21. The van der Waals surface area contributed by atoms with Gasteiger partial charge in [0.25, 0.3) is 5.91 Å². The highest BCUT2D eigenvalue weighted by Crippen LogP contribution is 2.21. The van der Waals surface area contributed by atoms with Crippen LogP contribution in [0.15, 0.2) is 29.8 Å². The molecule has 8 heteroatoms. The molecule has 0 saturated carbocycles. The second-order valence-corrected chi connectivity index (χ2v) is 7.81. The lowest BCUT2D eigenvalue weighted by Gasteiger charge is -2.31. The lowest BCUT2D eigenvalue weighted by atomic mass is 9.97. The smallest absolute Gasteiger partial charge is 0.273 e. The fourth-order valence-electron chi connectivity index (χ4n) is 3.19. The average molecular weight is 402 g/mol. The van der Waals surface area contributed by atoms with Crippen molar-refractivity contribution in [1.29, 1.82) is 0 Å². The molecule has 2 amide bonds. The number of amides is 2. The number of nitrogens with one attached hydrogen (secondary N) is 2. The monoisotopic (exact) mass is 401 g/mol. The molecular formula is C20H27N5O2S. The number of aromatic nitrogens is 2. The van der Waals surface area contributed by atoms with Crippen molar-refractivity contribution in [1.82, 2.24) is 20.2 Å². The molecule has 2 aromatic heterocycles. The van der Waals surface area contributed by atoms with Crippen LogP contribution in [0.3, 0.4) is 0 Å². The Balaban J connectivity index is 1.52. The van der Waals surface area contributed by atoms with E-state index in [1.165, 1.54) is 11.3 Å². The van der Waals surface area contributed by atoms with Gasteiger partial charge in [-0.3, -0.25) is 14.6 Å². The summed E-state index contributed by atoms with van der Waals surface area (Å²) >= 11 is 1.45. The van der Waals surface area contributed by atoms with Gasteiger partial charge in [-0.1, -0.05) is 19.4 Å². The van der Waals surface area contributed by atoms with Gasteiger partial charge in [-0.25, -0.2) is 4.98 Å². The third-order valence-electron chi connectivity index (χ3n) is 4.78.